The summed E-state index contributed by atoms with van der Waals surface area (Å²) in [4.78, 5) is 14.2. The predicted molar refractivity (Wildman–Crippen MR) is 93.5 cm³/mol. The number of ether oxygens (including phenoxy) is 1. The SMILES string of the molecule is CC(C)c1ccccc1O[C@@H](C)C(=O)N(C)Cc1ccccc1. The van der Waals surface area contributed by atoms with Crippen LogP contribution in [0.5, 0.6) is 5.75 Å². The van der Waals surface area contributed by atoms with E-state index in [4.69, 9.17) is 4.74 Å². The van der Waals surface area contributed by atoms with Crippen molar-refractivity contribution in [1.82, 2.24) is 4.90 Å². The van der Waals surface area contributed by atoms with Crippen molar-refractivity contribution in [1.29, 1.82) is 0 Å². The van der Waals surface area contributed by atoms with Crippen molar-refractivity contribution in [2.75, 3.05) is 7.05 Å². The molecule has 23 heavy (non-hydrogen) atoms. The van der Waals surface area contributed by atoms with Gasteiger partial charge in [-0.05, 0) is 30.0 Å². The van der Waals surface area contributed by atoms with E-state index in [0.717, 1.165) is 16.9 Å². The first-order chi connectivity index (χ1) is 11.0. The molecule has 0 bridgehead atoms. The van der Waals surface area contributed by atoms with Gasteiger partial charge in [-0.3, -0.25) is 4.79 Å². The van der Waals surface area contributed by atoms with E-state index < -0.39 is 6.10 Å². The first-order valence-corrected chi connectivity index (χ1v) is 8.03. The van der Waals surface area contributed by atoms with Gasteiger partial charge in [0.2, 0.25) is 0 Å². The van der Waals surface area contributed by atoms with Crippen molar-refractivity contribution in [2.24, 2.45) is 0 Å². The monoisotopic (exact) mass is 311 g/mol. The van der Waals surface area contributed by atoms with Gasteiger partial charge in [0.15, 0.2) is 6.10 Å². The summed E-state index contributed by atoms with van der Waals surface area (Å²) in [5, 5.41) is 0. The number of amides is 1. The summed E-state index contributed by atoms with van der Waals surface area (Å²) in [6.45, 7) is 6.63. The van der Waals surface area contributed by atoms with Crippen molar-refractivity contribution >= 4 is 5.91 Å². The van der Waals surface area contributed by atoms with E-state index >= 15 is 0 Å². The van der Waals surface area contributed by atoms with Crippen LogP contribution in [0, 0.1) is 0 Å². The lowest BCUT2D eigenvalue weighted by Crippen LogP contribution is -2.37. The van der Waals surface area contributed by atoms with E-state index in [1.807, 2.05) is 61.6 Å². The summed E-state index contributed by atoms with van der Waals surface area (Å²) in [7, 11) is 1.81. The van der Waals surface area contributed by atoms with Gasteiger partial charge < -0.3 is 9.64 Å². The molecular formula is C20H25NO2. The minimum Gasteiger partial charge on any atom is -0.481 e. The lowest BCUT2D eigenvalue weighted by atomic mass is 10.0. The number of nitrogens with zero attached hydrogens (tertiary/aromatic N) is 1. The average molecular weight is 311 g/mol. The molecule has 0 N–H and O–H groups in total. The molecule has 122 valence electrons. The summed E-state index contributed by atoms with van der Waals surface area (Å²) in [6, 6.07) is 17.9. The van der Waals surface area contributed by atoms with E-state index in [1.54, 1.807) is 11.8 Å². The van der Waals surface area contributed by atoms with Crippen molar-refractivity contribution in [3.8, 4) is 5.75 Å². The maximum Gasteiger partial charge on any atom is 0.263 e. The Labute approximate surface area is 138 Å². The molecule has 3 heteroatoms. The van der Waals surface area contributed by atoms with Crippen LogP contribution >= 0.6 is 0 Å². The zero-order valence-corrected chi connectivity index (χ0v) is 14.3. The van der Waals surface area contributed by atoms with Gasteiger partial charge >= 0.3 is 0 Å². The standard InChI is InChI=1S/C20H25NO2/c1-15(2)18-12-8-9-13-19(18)23-16(3)20(22)21(4)14-17-10-6-5-7-11-17/h5-13,15-16H,14H2,1-4H3/t16-/m0/s1. The molecule has 2 aromatic carbocycles. The third-order valence-corrected chi connectivity index (χ3v) is 3.83. The highest BCUT2D eigenvalue weighted by atomic mass is 16.5. The number of likely N-dealkylation sites (N-methyl/N-ethyl adjacent to an activating group) is 1. The van der Waals surface area contributed by atoms with Gasteiger partial charge in [0.05, 0.1) is 0 Å². The van der Waals surface area contributed by atoms with Crippen molar-refractivity contribution in [2.45, 2.75) is 39.3 Å². The van der Waals surface area contributed by atoms with Crippen LogP contribution in [0.2, 0.25) is 0 Å². The zero-order chi connectivity index (χ0) is 16.8. The van der Waals surface area contributed by atoms with Crippen LogP contribution in [-0.2, 0) is 11.3 Å². The highest BCUT2D eigenvalue weighted by Crippen LogP contribution is 2.27. The number of carbonyl (C=O) groups is 1. The van der Waals surface area contributed by atoms with Gasteiger partial charge in [0, 0.05) is 13.6 Å². The maximum atomic E-state index is 12.5. The van der Waals surface area contributed by atoms with Crippen LogP contribution in [0.3, 0.4) is 0 Å². The molecule has 1 atom stereocenters. The molecule has 2 aromatic rings. The van der Waals surface area contributed by atoms with E-state index in [1.165, 1.54) is 0 Å². The quantitative estimate of drug-likeness (QED) is 0.798. The molecule has 0 saturated heterocycles. The molecule has 0 fully saturated rings. The van der Waals surface area contributed by atoms with E-state index in [9.17, 15) is 4.79 Å². The topological polar surface area (TPSA) is 29.5 Å². The fourth-order valence-corrected chi connectivity index (χ4v) is 2.55. The highest BCUT2D eigenvalue weighted by molar-refractivity contribution is 5.80. The molecule has 0 aliphatic carbocycles. The lowest BCUT2D eigenvalue weighted by Gasteiger charge is -2.23. The van der Waals surface area contributed by atoms with Gasteiger partial charge in [0.25, 0.3) is 5.91 Å². The number of hydrogen-bond donors (Lipinski definition) is 0. The van der Waals surface area contributed by atoms with Crippen molar-refractivity contribution in [3.05, 3.63) is 65.7 Å². The Morgan fingerprint density at radius 2 is 1.61 bits per heavy atom. The fraction of sp³-hybridized carbons (Fsp3) is 0.350. The van der Waals surface area contributed by atoms with E-state index in [2.05, 4.69) is 13.8 Å². The van der Waals surface area contributed by atoms with Gasteiger partial charge in [-0.15, -0.1) is 0 Å². The van der Waals surface area contributed by atoms with Crippen LogP contribution in [0.1, 0.15) is 37.8 Å². The average Bonchev–Trinajstić information content (AvgIpc) is 2.55. The van der Waals surface area contributed by atoms with E-state index in [0.29, 0.717) is 12.5 Å². The van der Waals surface area contributed by atoms with Crippen molar-refractivity contribution < 1.29 is 9.53 Å². The lowest BCUT2D eigenvalue weighted by molar-refractivity contribution is -0.137. The number of hydrogen-bond acceptors (Lipinski definition) is 2. The molecule has 0 aromatic heterocycles. The second-order valence-corrected chi connectivity index (χ2v) is 6.13. The van der Waals surface area contributed by atoms with Gasteiger partial charge in [-0.1, -0.05) is 62.4 Å². The Morgan fingerprint density at radius 1 is 1.00 bits per heavy atom. The Balaban J connectivity index is 2.02. The maximum absolute atomic E-state index is 12.5. The molecule has 0 spiro atoms. The Morgan fingerprint density at radius 3 is 2.26 bits per heavy atom. The highest BCUT2D eigenvalue weighted by Gasteiger charge is 2.20. The Hall–Kier alpha value is -2.29. The summed E-state index contributed by atoms with van der Waals surface area (Å²) in [5.74, 6) is 1.12. The number of para-hydroxylation sites is 1. The second-order valence-electron chi connectivity index (χ2n) is 6.13. The van der Waals surface area contributed by atoms with Gasteiger partial charge in [-0.2, -0.15) is 0 Å². The molecule has 0 aliphatic heterocycles. The molecule has 3 nitrogen and oxygen atoms in total. The fourth-order valence-electron chi connectivity index (χ4n) is 2.55. The Kier molecular flexibility index (Phi) is 5.80. The summed E-state index contributed by atoms with van der Waals surface area (Å²) >= 11 is 0. The normalized spacial score (nSPS) is 12.0. The van der Waals surface area contributed by atoms with Crippen molar-refractivity contribution in [3.63, 3.8) is 0 Å². The molecule has 0 heterocycles. The molecule has 0 unspecified atom stereocenters. The summed E-state index contributed by atoms with van der Waals surface area (Å²) in [6.07, 6.45) is -0.511. The van der Waals surface area contributed by atoms with Crippen LogP contribution in [0.4, 0.5) is 0 Å². The van der Waals surface area contributed by atoms with Crippen LogP contribution in [0.15, 0.2) is 54.6 Å². The largest absolute Gasteiger partial charge is 0.481 e. The molecule has 2 rings (SSSR count). The molecular weight excluding hydrogens is 286 g/mol. The molecule has 1 amide bonds. The third-order valence-electron chi connectivity index (χ3n) is 3.83. The Bertz CT molecular complexity index is 637. The smallest absolute Gasteiger partial charge is 0.263 e. The predicted octanol–water partition coefficient (Wildman–Crippen LogP) is 4.24. The minimum atomic E-state index is -0.511. The number of carbonyl (C=O) groups excluding carboxylic acids is 1. The zero-order valence-electron chi connectivity index (χ0n) is 14.3. The number of benzene rings is 2. The molecule has 0 aliphatic rings. The first kappa shape index (κ1) is 17.1. The second kappa shape index (κ2) is 7.82. The van der Waals surface area contributed by atoms with Gasteiger partial charge in [0.1, 0.15) is 5.75 Å². The molecule has 0 saturated carbocycles. The number of rotatable bonds is 6. The summed E-state index contributed by atoms with van der Waals surface area (Å²) in [5.41, 5.74) is 2.23. The minimum absolute atomic E-state index is 0.0209. The van der Waals surface area contributed by atoms with E-state index in [-0.39, 0.29) is 5.91 Å². The molecule has 0 radical (unpaired) electrons. The van der Waals surface area contributed by atoms with Crippen LogP contribution < -0.4 is 4.74 Å². The first-order valence-electron chi connectivity index (χ1n) is 8.03. The third kappa shape index (κ3) is 4.59. The van der Waals surface area contributed by atoms with Crippen LogP contribution in [0.25, 0.3) is 0 Å². The van der Waals surface area contributed by atoms with Gasteiger partial charge in [-0.25, -0.2) is 0 Å². The van der Waals surface area contributed by atoms with Crippen LogP contribution in [-0.4, -0.2) is 24.0 Å². The summed E-state index contributed by atoms with van der Waals surface area (Å²) < 4.78 is 5.94.